The smallest absolute Gasteiger partial charge is 0.269 e. The second-order valence-corrected chi connectivity index (χ2v) is 37.2. The van der Waals surface area contributed by atoms with Gasteiger partial charge in [0, 0.05) is 114 Å². The van der Waals surface area contributed by atoms with Crippen molar-refractivity contribution in [3.63, 3.8) is 0 Å². The first-order valence-electron chi connectivity index (χ1n) is 49.1. The zero-order valence-corrected chi connectivity index (χ0v) is 83.2. The number of hydrogen-bond acceptors (Lipinski definition) is 25. The number of amides is 5. The summed E-state index contributed by atoms with van der Waals surface area (Å²) in [7, 11) is 11.8. The van der Waals surface area contributed by atoms with Gasteiger partial charge >= 0.3 is 0 Å². The molecule has 35 heteroatoms. The third-order valence-electron chi connectivity index (χ3n) is 25.3. The molecule has 760 valence electrons. The molecule has 1 fully saturated rings. The molecule has 10 N–H and O–H groups in total. The van der Waals surface area contributed by atoms with Crippen LogP contribution in [0.15, 0.2) is 268 Å². The zero-order valence-electron chi connectivity index (χ0n) is 83.2. The number of rotatable bonds is 29. The molecule has 5 amide bonds. The summed E-state index contributed by atoms with van der Waals surface area (Å²) in [6, 6.07) is 63.3. The lowest BCUT2D eigenvalue weighted by atomic mass is 9.95. The molecule has 15 aromatic rings. The number of carbonyl (C=O) groups is 5. The molecule has 6 aliphatic rings. The summed E-state index contributed by atoms with van der Waals surface area (Å²) in [5, 5.41) is 48.5. The molecule has 0 radical (unpaired) electrons. The van der Waals surface area contributed by atoms with E-state index >= 15 is 0 Å². The number of aromatic amines is 5. The van der Waals surface area contributed by atoms with Gasteiger partial charge in [-0.3, -0.25) is 54.5 Å². The predicted octanol–water partition coefficient (Wildman–Crippen LogP) is 16.9. The van der Waals surface area contributed by atoms with Crippen molar-refractivity contribution < 1.29 is 76.1 Å². The number of ether oxygens (including phenoxy) is 11. The van der Waals surface area contributed by atoms with E-state index in [1.165, 1.54) is 0 Å². The van der Waals surface area contributed by atoms with Crippen LogP contribution in [0.3, 0.4) is 0 Å². The molecular formula is C112H121N19O16. The van der Waals surface area contributed by atoms with E-state index in [0.717, 1.165) is 187 Å². The first kappa shape index (κ1) is 102. The Labute approximate surface area is 851 Å². The number of nitrogens with zero attached hydrogens (tertiary/aromatic N) is 9. The Balaban J connectivity index is 0.000000126. The van der Waals surface area contributed by atoms with Crippen molar-refractivity contribution in [2.24, 2.45) is 23.7 Å². The SMILES string of the molecule is CC(C)Oc1ccc2c(c1)CC(C(=O)Nc1ccc(-c3cn[nH]c3)cc1)CO2.CN(C)CCCOc1ccc2c(c1)CC(C(=O)Nc1ccc(-c3cn[nH]c3)cc1)CO2.CN(C)CCOc1ccc2c(c1)CC(C(=O)Nc1ccc(-c3cn[nH]c3)cc1)CO2.CN1CCC(Oc2ccc3c(c2)CC(C(=O)Nc2ccc(-c4cn[nH]c4)cc2)CO3)CC1.COc1cc(NC(=O)C2COc3ccccc3O2)cnc1-c1cn[nH]c1. The molecule has 5 unspecified atom stereocenters. The van der Waals surface area contributed by atoms with Gasteiger partial charge in [-0.25, -0.2) is 0 Å². The summed E-state index contributed by atoms with van der Waals surface area (Å²) in [5.74, 6) is 6.83. The number of nitrogens with one attached hydrogen (secondary N) is 10. The standard InChI is InChI=1S/C25H28N4O3.C24H28N4O3.C23H26N4O3.C22H23N3O3.C18H16N4O4/c1-29-10-8-22(9-11-29)32-23-6-7-24-18(13-23)12-19(16-31-24)25(30)28-21-4-2-17(3-5-21)20-14-26-27-15-20;1-28(2)10-3-11-30-22-8-9-23-18(13-22)12-19(16-31-23)24(29)27-21-6-4-17(5-7-21)20-14-25-26-15-20;1-27(2)9-10-29-21-7-8-22-17(12-21)11-18(15-30-22)23(28)26-20-5-3-16(4-6-20)19-13-24-25-14-19;1-14(2)28-20-7-8-21-16(10-20)9-17(13-27-21)22(26)25-19-5-3-15(4-6-19)18-11-23-24-12-18;1-24-15-6-12(9-19-17(15)11-7-20-21-8-11)22-18(23)16-10-25-13-4-2-3-5-14(13)26-16/h2-7,13-15,19,22H,8-12,16H2,1H3,(H,26,27)(H,28,30);4-9,13-15,19H,3,10-12,16H2,1-2H3,(H,25,26)(H,27,29);3-8,12-14,18H,9-11,15H2,1-2H3,(H,24,25)(H,26,28);3-8,10-12,14,17H,9,13H2,1-2H3,(H,23,24)(H,25,26);2-9,16H,10H2,1H3,(H,20,21)(H,22,23). The Kier molecular flexibility index (Phi) is 34.2. The van der Waals surface area contributed by atoms with Crippen LogP contribution in [0.5, 0.6) is 63.2 Å². The minimum absolute atomic E-state index is 0.0339. The fourth-order valence-corrected chi connectivity index (χ4v) is 17.2. The van der Waals surface area contributed by atoms with Crippen LogP contribution in [-0.2, 0) is 49.7 Å². The average molecular weight is 1990 g/mol. The van der Waals surface area contributed by atoms with Gasteiger partial charge in [0.15, 0.2) is 11.5 Å². The molecule has 0 bridgehead atoms. The van der Waals surface area contributed by atoms with Gasteiger partial charge in [0.1, 0.15) is 103 Å². The van der Waals surface area contributed by atoms with Crippen LogP contribution in [0.25, 0.3) is 55.8 Å². The van der Waals surface area contributed by atoms with Crippen LogP contribution in [-0.4, -0.2) is 233 Å². The van der Waals surface area contributed by atoms with Crippen molar-refractivity contribution >= 4 is 58.0 Å². The number of methoxy groups -OCH3 is 1. The second-order valence-electron chi connectivity index (χ2n) is 37.2. The van der Waals surface area contributed by atoms with Crippen LogP contribution >= 0.6 is 0 Å². The lowest BCUT2D eigenvalue weighted by Crippen LogP contribution is -2.40. The van der Waals surface area contributed by atoms with E-state index in [9.17, 15) is 24.0 Å². The molecule has 9 aromatic carbocycles. The van der Waals surface area contributed by atoms with Crippen molar-refractivity contribution in [1.82, 2.24) is 70.7 Å². The highest BCUT2D eigenvalue weighted by atomic mass is 16.6. The first-order valence-corrected chi connectivity index (χ1v) is 49.1. The Bertz CT molecular complexity index is 6810. The summed E-state index contributed by atoms with van der Waals surface area (Å²) in [6.07, 6.45) is 24.5. The number of pyridine rings is 1. The first-order chi connectivity index (χ1) is 71.6. The van der Waals surface area contributed by atoms with Crippen LogP contribution in [0.4, 0.5) is 28.4 Å². The largest absolute Gasteiger partial charge is 0.494 e. The number of fused-ring (bicyclic) bond motifs is 5. The van der Waals surface area contributed by atoms with Gasteiger partial charge in [0.2, 0.25) is 29.7 Å². The molecule has 12 heterocycles. The number of likely N-dealkylation sites (tertiary alicyclic amines) is 1. The number of anilines is 5. The lowest BCUT2D eigenvalue weighted by Gasteiger charge is -2.30. The van der Waals surface area contributed by atoms with E-state index in [1.807, 2.05) is 235 Å². The normalized spacial score (nSPS) is 16.2. The minimum Gasteiger partial charge on any atom is -0.494 e. The van der Waals surface area contributed by atoms with Crippen LogP contribution in [0, 0.1) is 23.7 Å². The molecule has 5 atom stereocenters. The maximum atomic E-state index is 12.9. The summed E-state index contributed by atoms with van der Waals surface area (Å²) >= 11 is 0. The molecule has 35 nitrogen and oxygen atoms in total. The van der Waals surface area contributed by atoms with E-state index in [-0.39, 0.29) is 72.0 Å². The van der Waals surface area contributed by atoms with Crippen molar-refractivity contribution in [3.05, 3.63) is 291 Å². The van der Waals surface area contributed by atoms with E-state index in [2.05, 4.69) is 118 Å². The Hall–Kier alpha value is -16.8. The minimum atomic E-state index is -0.746. The number of carbonyl (C=O) groups excluding carboxylic acids is 5. The molecule has 147 heavy (non-hydrogen) atoms. The zero-order chi connectivity index (χ0) is 102. The number of hydrogen-bond donors (Lipinski definition) is 10. The number of likely N-dealkylation sites (N-methyl/N-ethyl adjacent to an activating group) is 1. The fraction of sp³-hybridized carbons (Fsp3) is 0.295. The average Bonchev–Trinajstić information content (AvgIpc) is 1.77. The molecule has 0 saturated carbocycles. The highest BCUT2D eigenvalue weighted by Gasteiger charge is 2.34. The van der Waals surface area contributed by atoms with Gasteiger partial charge in [-0.05, 0) is 272 Å². The summed E-state index contributed by atoms with van der Waals surface area (Å²) in [5.41, 5.74) is 17.2. The molecule has 21 rings (SSSR count). The highest BCUT2D eigenvalue weighted by molar-refractivity contribution is 5.97. The summed E-state index contributed by atoms with van der Waals surface area (Å²) < 4.78 is 63.6. The lowest BCUT2D eigenvalue weighted by molar-refractivity contribution is -0.125. The van der Waals surface area contributed by atoms with E-state index in [1.54, 1.807) is 68.7 Å². The third-order valence-corrected chi connectivity index (χ3v) is 25.3. The van der Waals surface area contributed by atoms with Gasteiger partial charge in [-0.2, -0.15) is 25.5 Å². The third kappa shape index (κ3) is 28.2. The van der Waals surface area contributed by atoms with E-state index < -0.39 is 6.10 Å². The molecule has 6 aromatic heterocycles. The summed E-state index contributed by atoms with van der Waals surface area (Å²) in [4.78, 5) is 74.6. The van der Waals surface area contributed by atoms with Gasteiger partial charge in [0.05, 0.1) is 86.4 Å². The molecular weight excluding hydrogens is 1870 g/mol. The van der Waals surface area contributed by atoms with Crippen molar-refractivity contribution in [3.8, 4) is 119 Å². The van der Waals surface area contributed by atoms with Gasteiger partial charge in [0.25, 0.3) is 5.91 Å². The Morgan fingerprint density at radius 2 is 0.748 bits per heavy atom. The van der Waals surface area contributed by atoms with Gasteiger partial charge < -0.3 is 93.4 Å². The Morgan fingerprint density at radius 1 is 0.388 bits per heavy atom. The van der Waals surface area contributed by atoms with Gasteiger partial charge in [-0.15, -0.1) is 0 Å². The molecule has 6 aliphatic heterocycles. The van der Waals surface area contributed by atoms with Crippen molar-refractivity contribution in [2.75, 3.05) is 141 Å². The quantitative estimate of drug-likeness (QED) is 0.0195. The van der Waals surface area contributed by atoms with Crippen LogP contribution in [0.2, 0.25) is 0 Å². The fourth-order valence-electron chi connectivity index (χ4n) is 17.2. The topological polar surface area (TPSA) is 413 Å². The number of para-hydroxylation sites is 2. The van der Waals surface area contributed by atoms with Gasteiger partial charge in [-0.1, -0.05) is 60.7 Å². The Morgan fingerprint density at radius 3 is 1.14 bits per heavy atom. The van der Waals surface area contributed by atoms with Crippen molar-refractivity contribution in [2.45, 2.75) is 77.1 Å². The second kappa shape index (κ2) is 49.5. The monoisotopic (exact) mass is 1990 g/mol. The van der Waals surface area contributed by atoms with E-state index in [0.29, 0.717) is 94.0 Å². The summed E-state index contributed by atoms with van der Waals surface area (Å²) in [6.45, 7) is 10.8. The molecule has 0 spiro atoms. The van der Waals surface area contributed by atoms with Crippen LogP contribution in [0.1, 0.15) is 55.4 Å². The number of aromatic nitrogens is 11. The predicted molar refractivity (Wildman–Crippen MR) is 560 cm³/mol. The number of H-pyrrole nitrogens is 5. The highest BCUT2D eigenvalue weighted by Crippen LogP contribution is 2.40. The maximum absolute atomic E-state index is 12.9. The number of piperidine rings is 1. The van der Waals surface area contributed by atoms with E-state index in [4.69, 9.17) is 52.1 Å². The van der Waals surface area contributed by atoms with Crippen LogP contribution < -0.4 is 78.7 Å². The maximum Gasteiger partial charge on any atom is 0.269 e. The molecule has 1 saturated heterocycles. The van der Waals surface area contributed by atoms with Crippen molar-refractivity contribution in [1.29, 1.82) is 0 Å². The number of benzene rings is 9. The molecule has 0 aliphatic carbocycles.